The van der Waals surface area contributed by atoms with Crippen molar-refractivity contribution < 1.29 is 9.59 Å². The minimum absolute atomic E-state index is 0.109. The predicted octanol–water partition coefficient (Wildman–Crippen LogP) is 4.41. The second-order valence-electron chi connectivity index (χ2n) is 8.58. The molecule has 2 aromatic rings. The van der Waals surface area contributed by atoms with E-state index in [1.165, 1.54) is 29.2 Å². The number of rotatable bonds is 4. The number of benzene rings is 2. The van der Waals surface area contributed by atoms with Gasteiger partial charge in [0, 0.05) is 38.5 Å². The number of likely N-dealkylation sites (tertiary alicyclic amines) is 2. The highest BCUT2D eigenvalue weighted by Crippen LogP contribution is 2.23. The molecule has 4 nitrogen and oxygen atoms in total. The number of carbonyl (C=O) groups excluding carboxylic acids is 2. The number of aryl methyl sites for hydroxylation is 1. The normalized spacial score (nSPS) is 18.6. The highest BCUT2D eigenvalue weighted by molar-refractivity contribution is 5.83. The monoisotopic (exact) mass is 392 g/mol. The number of nitrogens with zero attached hydrogens (tertiary/aromatic N) is 2. The van der Waals surface area contributed by atoms with Gasteiger partial charge in [0.05, 0.1) is 0 Å². The van der Waals surface area contributed by atoms with Gasteiger partial charge in [0.1, 0.15) is 0 Å². The van der Waals surface area contributed by atoms with Crippen molar-refractivity contribution >= 4 is 22.6 Å². The van der Waals surface area contributed by atoms with E-state index < -0.39 is 0 Å². The molecule has 2 fully saturated rings. The predicted molar refractivity (Wildman–Crippen MR) is 117 cm³/mol. The van der Waals surface area contributed by atoms with Gasteiger partial charge in [-0.1, -0.05) is 55.3 Å². The molecule has 2 aliphatic heterocycles. The van der Waals surface area contributed by atoms with E-state index in [9.17, 15) is 9.59 Å². The van der Waals surface area contributed by atoms with Gasteiger partial charge in [-0.25, -0.2) is 0 Å². The smallest absolute Gasteiger partial charge is 0.225 e. The van der Waals surface area contributed by atoms with Gasteiger partial charge in [0.15, 0.2) is 0 Å². The van der Waals surface area contributed by atoms with Crippen LogP contribution in [-0.4, -0.2) is 47.8 Å². The first-order valence-electron chi connectivity index (χ1n) is 11.2. The number of carbonyl (C=O) groups is 2. The van der Waals surface area contributed by atoms with Crippen LogP contribution >= 0.6 is 0 Å². The first kappa shape index (κ1) is 19.9. The highest BCUT2D eigenvalue weighted by Gasteiger charge is 2.30. The molecular formula is C25H32N2O2. The van der Waals surface area contributed by atoms with Crippen molar-refractivity contribution in [1.82, 2.24) is 9.80 Å². The van der Waals surface area contributed by atoms with E-state index in [0.717, 1.165) is 58.3 Å². The Bertz CT molecular complexity index is 847. The minimum atomic E-state index is 0.109. The van der Waals surface area contributed by atoms with Crippen LogP contribution in [0.3, 0.4) is 0 Å². The Morgan fingerprint density at radius 3 is 2.21 bits per heavy atom. The third-order valence-corrected chi connectivity index (χ3v) is 6.56. The fraction of sp³-hybridized carbons (Fsp3) is 0.520. The molecule has 2 saturated heterocycles. The van der Waals surface area contributed by atoms with Gasteiger partial charge in [0.2, 0.25) is 11.8 Å². The Balaban J connectivity index is 1.25. The standard InChI is InChI=1S/C25H32N2O2/c28-24(12-10-20-9-11-21-7-3-4-8-23(21)19-20)26-17-13-22(14-18-26)25(29)27-15-5-1-2-6-16-27/h3-4,7-9,11,19,22H,1-2,5-6,10,12-18H2. The summed E-state index contributed by atoms with van der Waals surface area (Å²) in [6.45, 7) is 3.29. The molecule has 2 heterocycles. The highest BCUT2D eigenvalue weighted by atomic mass is 16.2. The van der Waals surface area contributed by atoms with Gasteiger partial charge in [0.25, 0.3) is 0 Å². The Morgan fingerprint density at radius 2 is 1.48 bits per heavy atom. The molecule has 0 unspecified atom stereocenters. The molecule has 0 spiro atoms. The Kier molecular flexibility index (Phi) is 6.48. The fourth-order valence-electron chi connectivity index (χ4n) is 4.73. The summed E-state index contributed by atoms with van der Waals surface area (Å²) in [7, 11) is 0. The molecule has 0 N–H and O–H groups in total. The number of piperidine rings is 1. The van der Waals surface area contributed by atoms with Gasteiger partial charge in [-0.2, -0.15) is 0 Å². The van der Waals surface area contributed by atoms with Crippen molar-refractivity contribution in [3.05, 3.63) is 48.0 Å². The molecule has 0 radical (unpaired) electrons. The molecule has 2 amide bonds. The van der Waals surface area contributed by atoms with E-state index in [2.05, 4.69) is 35.2 Å². The van der Waals surface area contributed by atoms with Crippen LogP contribution in [0, 0.1) is 5.92 Å². The van der Waals surface area contributed by atoms with Crippen molar-refractivity contribution in [3.8, 4) is 0 Å². The average Bonchev–Trinajstić information content (AvgIpc) is 3.06. The Morgan fingerprint density at radius 1 is 0.793 bits per heavy atom. The minimum Gasteiger partial charge on any atom is -0.343 e. The van der Waals surface area contributed by atoms with Gasteiger partial charge in [-0.3, -0.25) is 9.59 Å². The van der Waals surface area contributed by atoms with Crippen molar-refractivity contribution in [2.45, 2.75) is 51.4 Å². The zero-order chi connectivity index (χ0) is 20.1. The summed E-state index contributed by atoms with van der Waals surface area (Å²) in [5.74, 6) is 0.659. The van der Waals surface area contributed by atoms with Crippen LogP contribution in [0.15, 0.2) is 42.5 Å². The second kappa shape index (κ2) is 9.43. The second-order valence-corrected chi connectivity index (χ2v) is 8.58. The summed E-state index contributed by atoms with van der Waals surface area (Å²) < 4.78 is 0. The first-order valence-corrected chi connectivity index (χ1v) is 11.2. The van der Waals surface area contributed by atoms with E-state index in [4.69, 9.17) is 0 Å². The van der Waals surface area contributed by atoms with Crippen LogP contribution in [0.1, 0.15) is 50.5 Å². The van der Waals surface area contributed by atoms with Crippen molar-refractivity contribution in [2.75, 3.05) is 26.2 Å². The quantitative estimate of drug-likeness (QED) is 0.773. The molecule has 0 bridgehead atoms. The molecule has 0 atom stereocenters. The summed E-state index contributed by atoms with van der Waals surface area (Å²) >= 11 is 0. The van der Waals surface area contributed by atoms with Crippen molar-refractivity contribution in [1.29, 1.82) is 0 Å². The molecular weight excluding hydrogens is 360 g/mol. The topological polar surface area (TPSA) is 40.6 Å². The SMILES string of the molecule is O=C(CCc1ccc2ccccc2c1)N1CCC(C(=O)N2CCCCCC2)CC1. The molecule has 0 aliphatic carbocycles. The maximum absolute atomic E-state index is 12.8. The zero-order valence-electron chi connectivity index (χ0n) is 17.3. The number of fused-ring (bicyclic) bond motifs is 1. The third-order valence-electron chi connectivity index (χ3n) is 6.56. The van der Waals surface area contributed by atoms with Gasteiger partial charge >= 0.3 is 0 Å². The van der Waals surface area contributed by atoms with Crippen molar-refractivity contribution in [2.24, 2.45) is 5.92 Å². The summed E-state index contributed by atoms with van der Waals surface area (Å²) in [4.78, 5) is 29.6. The van der Waals surface area contributed by atoms with Crippen LogP contribution in [0.4, 0.5) is 0 Å². The number of hydrogen-bond acceptors (Lipinski definition) is 2. The molecule has 4 heteroatoms. The van der Waals surface area contributed by atoms with Gasteiger partial charge < -0.3 is 9.80 Å². The largest absolute Gasteiger partial charge is 0.343 e. The van der Waals surface area contributed by atoms with E-state index in [0.29, 0.717) is 12.3 Å². The summed E-state index contributed by atoms with van der Waals surface area (Å²) in [5, 5.41) is 2.46. The summed E-state index contributed by atoms with van der Waals surface area (Å²) in [5.41, 5.74) is 1.21. The van der Waals surface area contributed by atoms with E-state index in [1.54, 1.807) is 0 Å². The van der Waals surface area contributed by atoms with Crippen molar-refractivity contribution in [3.63, 3.8) is 0 Å². The van der Waals surface area contributed by atoms with Gasteiger partial charge in [-0.05, 0) is 48.4 Å². The van der Waals surface area contributed by atoms with Crippen LogP contribution in [0.5, 0.6) is 0 Å². The molecule has 0 saturated carbocycles. The lowest BCUT2D eigenvalue weighted by Crippen LogP contribution is -2.44. The van der Waals surface area contributed by atoms with E-state index >= 15 is 0 Å². The zero-order valence-corrected chi connectivity index (χ0v) is 17.3. The average molecular weight is 393 g/mol. The van der Waals surface area contributed by atoms with Crippen LogP contribution < -0.4 is 0 Å². The molecule has 2 aliphatic rings. The Hall–Kier alpha value is -2.36. The first-order chi connectivity index (χ1) is 14.2. The molecule has 0 aromatic heterocycles. The number of amides is 2. The van der Waals surface area contributed by atoms with E-state index in [-0.39, 0.29) is 11.8 Å². The lowest BCUT2D eigenvalue weighted by atomic mass is 9.94. The third kappa shape index (κ3) is 4.98. The lowest BCUT2D eigenvalue weighted by molar-refractivity contribution is -0.140. The van der Waals surface area contributed by atoms with Crippen LogP contribution in [-0.2, 0) is 16.0 Å². The maximum atomic E-state index is 12.8. The van der Waals surface area contributed by atoms with E-state index in [1.807, 2.05) is 17.0 Å². The molecule has 154 valence electrons. The Labute approximate surface area is 173 Å². The molecule has 4 rings (SSSR count). The molecule has 29 heavy (non-hydrogen) atoms. The number of hydrogen-bond donors (Lipinski definition) is 0. The lowest BCUT2D eigenvalue weighted by Gasteiger charge is -2.34. The van der Waals surface area contributed by atoms with Gasteiger partial charge in [-0.15, -0.1) is 0 Å². The summed E-state index contributed by atoms with van der Waals surface area (Å²) in [6, 6.07) is 14.8. The maximum Gasteiger partial charge on any atom is 0.225 e. The fourth-order valence-corrected chi connectivity index (χ4v) is 4.73. The summed E-state index contributed by atoms with van der Waals surface area (Å²) in [6.07, 6.45) is 7.71. The van der Waals surface area contributed by atoms with Crippen LogP contribution in [0.25, 0.3) is 10.8 Å². The van der Waals surface area contributed by atoms with Crippen LogP contribution in [0.2, 0.25) is 0 Å². The molecule has 2 aromatic carbocycles.